The largest absolute Gasteiger partial charge is 0.396 e. The molecule has 62 heavy (non-hydrogen) atoms. The Labute approximate surface area is 391 Å². The number of likely N-dealkylation sites (tertiary alicyclic amines) is 1. The van der Waals surface area contributed by atoms with E-state index in [0.29, 0.717) is 96.1 Å². The Bertz CT molecular complexity index is 1300. The zero-order valence-corrected chi connectivity index (χ0v) is 39.5. The second-order valence-electron chi connectivity index (χ2n) is 17.6. The number of nitrogens with one attached hydrogen (secondary N) is 2. The van der Waals surface area contributed by atoms with E-state index in [4.69, 9.17) is 9.47 Å². The number of hydrogen-bond donors (Lipinski definition) is 11. The predicted molar refractivity (Wildman–Crippen MR) is 221 cm³/mol. The monoisotopic (exact) mass is 964 g/mol. The van der Waals surface area contributed by atoms with E-state index in [1.54, 1.807) is 4.90 Å². The minimum absolute atomic E-state index is 0. The van der Waals surface area contributed by atoms with E-state index in [0.717, 1.165) is 32.1 Å². The van der Waals surface area contributed by atoms with Gasteiger partial charge in [0.25, 0.3) is 0 Å². The number of carbonyl (C=O) groups excluding carboxylic acids is 4. The van der Waals surface area contributed by atoms with Crippen molar-refractivity contribution in [1.82, 2.24) is 15.5 Å². The van der Waals surface area contributed by atoms with Gasteiger partial charge in [0.15, 0.2) is 12.1 Å². The number of amides is 3. The van der Waals surface area contributed by atoms with Crippen molar-refractivity contribution in [1.29, 1.82) is 0 Å². The molecule has 11 N–H and O–H groups in total. The molecule has 0 spiro atoms. The molecule has 3 aliphatic rings. The van der Waals surface area contributed by atoms with Crippen LogP contribution in [0.5, 0.6) is 0 Å². The number of ketones is 1. The molecule has 2 heterocycles. The molecule has 19 heteroatoms. The van der Waals surface area contributed by atoms with Crippen molar-refractivity contribution >= 4 is 23.5 Å². The van der Waals surface area contributed by atoms with Crippen LogP contribution in [0.4, 0.5) is 0 Å². The maximum atomic E-state index is 13.4. The summed E-state index contributed by atoms with van der Waals surface area (Å²) in [7, 11) is 0. The summed E-state index contributed by atoms with van der Waals surface area (Å²) in [6, 6.07) is -0.821. The second-order valence-corrected chi connectivity index (χ2v) is 17.6. The summed E-state index contributed by atoms with van der Waals surface area (Å²) >= 11 is 0. The Hall–Kier alpha value is -1.26. The number of hydrogen-bond acceptors (Lipinski definition) is 15. The molecule has 0 aromatic heterocycles. The maximum Gasteiger partial charge on any atom is 0.222 e. The van der Waals surface area contributed by atoms with Crippen molar-refractivity contribution in [3.63, 3.8) is 0 Å². The van der Waals surface area contributed by atoms with Gasteiger partial charge in [-0.15, -0.1) is 0 Å². The van der Waals surface area contributed by atoms with Crippen LogP contribution in [-0.2, 0) is 61.4 Å². The van der Waals surface area contributed by atoms with Gasteiger partial charge in [-0.1, -0.05) is 32.6 Å². The minimum atomic E-state index is -1.55. The summed E-state index contributed by atoms with van der Waals surface area (Å²) < 4.78 is 10.8. The summed E-state index contributed by atoms with van der Waals surface area (Å²) in [5.41, 5.74) is 0. The van der Waals surface area contributed by atoms with Crippen molar-refractivity contribution < 1.29 is 107 Å². The van der Waals surface area contributed by atoms with Crippen LogP contribution < -0.4 is 10.6 Å². The minimum Gasteiger partial charge on any atom is -0.396 e. The number of aliphatic hydroxyl groups excluding tert-OH is 9. The van der Waals surface area contributed by atoms with Gasteiger partial charge in [0, 0.05) is 90.6 Å². The molecule has 13 atom stereocenters. The topological polar surface area (TPSA) is 296 Å². The SMILES string of the molecule is C[C@@H]1C[C@@H](CO)N(C(=O)CCCCCCC(=O)[C@@H](CCCCNC(=O)CCCCCC2CC(CO)C(O)C(O)C2O)NC(=O)CCCCOC2OC(CO)C(O)C(O)C2O)C1.[Y]. The van der Waals surface area contributed by atoms with Crippen molar-refractivity contribution in [2.75, 3.05) is 39.5 Å². The zero-order valence-electron chi connectivity index (χ0n) is 36.7. The molecule has 0 aromatic carbocycles. The molecule has 3 amide bonds. The first-order valence-electron chi connectivity index (χ1n) is 22.8. The first kappa shape index (κ1) is 56.9. The van der Waals surface area contributed by atoms with Crippen LogP contribution >= 0.6 is 0 Å². The van der Waals surface area contributed by atoms with Gasteiger partial charge in [-0.25, -0.2) is 0 Å². The second kappa shape index (κ2) is 30.9. The van der Waals surface area contributed by atoms with Gasteiger partial charge in [-0.3, -0.25) is 19.2 Å². The number of rotatable bonds is 29. The predicted octanol–water partition coefficient (Wildman–Crippen LogP) is -0.457. The average Bonchev–Trinajstić information content (AvgIpc) is 3.64. The van der Waals surface area contributed by atoms with Gasteiger partial charge in [-0.2, -0.15) is 0 Å². The molecule has 18 nitrogen and oxygen atoms in total. The third-order valence-electron chi connectivity index (χ3n) is 12.6. The van der Waals surface area contributed by atoms with Gasteiger partial charge in [0.1, 0.15) is 30.5 Å². The van der Waals surface area contributed by atoms with E-state index >= 15 is 0 Å². The average molecular weight is 965 g/mol. The molecule has 1 aliphatic carbocycles. The molecule has 2 saturated heterocycles. The van der Waals surface area contributed by atoms with Crippen LogP contribution in [0.1, 0.15) is 129 Å². The zero-order chi connectivity index (χ0) is 44.9. The number of carbonyl (C=O) groups is 4. The van der Waals surface area contributed by atoms with Gasteiger partial charge in [0.05, 0.1) is 37.5 Å². The van der Waals surface area contributed by atoms with Crippen LogP contribution in [0.3, 0.4) is 0 Å². The molecule has 1 radical (unpaired) electrons. The van der Waals surface area contributed by atoms with Crippen LogP contribution in [0.15, 0.2) is 0 Å². The summed E-state index contributed by atoms with van der Waals surface area (Å²) in [4.78, 5) is 53.3. The van der Waals surface area contributed by atoms with E-state index in [1.807, 2.05) is 0 Å². The fourth-order valence-electron chi connectivity index (χ4n) is 8.81. The summed E-state index contributed by atoms with van der Waals surface area (Å²) in [5, 5.41) is 94.8. The molecule has 10 unspecified atom stereocenters. The third kappa shape index (κ3) is 18.9. The number of nitrogens with zero attached hydrogens (tertiary/aromatic N) is 1. The smallest absolute Gasteiger partial charge is 0.222 e. The first-order chi connectivity index (χ1) is 29.2. The Morgan fingerprint density at radius 1 is 0.661 bits per heavy atom. The van der Waals surface area contributed by atoms with Gasteiger partial charge in [0.2, 0.25) is 17.7 Å². The quantitative estimate of drug-likeness (QED) is 0.0423. The maximum absolute atomic E-state index is 13.4. The molecule has 3 fully saturated rings. The van der Waals surface area contributed by atoms with Gasteiger partial charge in [-0.05, 0) is 82.5 Å². The fraction of sp³-hybridized carbons (Fsp3) is 0.907. The molecule has 3 rings (SSSR count). The van der Waals surface area contributed by atoms with Crippen molar-refractivity contribution in [2.24, 2.45) is 17.8 Å². The molecular formula is C43H77N3O15Y. The van der Waals surface area contributed by atoms with Crippen molar-refractivity contribution in [2.45, 2.75) is 190 Å². The molecule has 2 aliphatic heterocycles. The van der Waals surface area contributed by atoms with E-state index in [2.05, 4.69) is 17.6 Å². The third-order valence-corrected chi connectivity index (χ3v) is 12.6. The van der Waals surface area contributed by atoms with E-state index in [9.17, 15) is 65.1 Å². The normalized spacial score (nSPS) is 30.4. The number of unbranched alkanes of at least 4 members (excludes halogenated alkanes) is 7. The number of ether oxygens (including phenoxy) is 2. The van der Waals surface area contributed by atoms with E-state index in [-0.39, 0.29) is 101 Å². The standard InChI is InChI=1S/C43H77N3O15.Y/c1-27-21-30(25-48)46(23-27)36(53)18-8-3-2-6-15-32(50)31(45-35(52)17-10-12-20-60-43-42(59)41(58)39(56)33(26-49)61-43)14-9-11-19-44-34(51)16-7-4-5-13-28-22-29(24-47)38(55)40(57)37(28)54;/h27-31,33,37-43,47-49,54-59H,2-26H2,1H3,(H,44,51)(H,45,52);/t27-,28?,29?,30+,31-,33?,37?,38?,39?,40?,41?,42?,43?;/m1./s1. The summed E-state index contributed by atoms with van der Waals surface area (Å²) in [5.74, 6) is -0.785. The molecular weight excluding hydrogens is 887 g/mol. The van der Waals surface area contributed by atoms with Crippen molar-refractivity contribution in [3.05, 3.63) is 0 Å². The summed E-state index contributed by atoms with van der Waals surface area (Å²) in [6.07, 6.45) is -0.144. The molecule has 1 saturated carbocycles. The van der Waals surface area contributed by atoms with Crippen LogP contribution in [0.2, 0.25) is 0 Å². The molecule has 0 aromatic rings. The van der Waals surface area contributed by atoms with E-state index < -0.39 is 67.6 Å². The Morgan fingerprint density at radius 2 is 1.29 bits per heavy atom. The van der Waals surface area contributed by atoms with Crippen molar-refractivity contribution in [3.8, 4) is 0 Å². The van der Waals surface area contributed by atoms with E-state index in [1.165, 1.54) is 0 Å². The van der Waals surface area contributed by atoms with Crippen LogP contribution in [0.25, 0.3) is 0 Å². The Kier molecular flexibility index (Phi) is 28.3. The van der Waals surface area contributed by atoms with Crippen LogP contribution in [-0.4, -0.2) is 175 Å². The number of aliphatic hydroxyl groups is 9. The first-order valence-corrected chi connectivity index (χ1v) is 22.8. The Balaban J connectivity index is 0.0000132. The fourth-order valence-corrected chi connectivity index (χ4v) is 8.81. The van der Waals surface area contributed by atoms with Gasteiger partial charge >= 0.3 is 0 Å². The Morgan fingerprint density at radius 3 is 1.98 bits per heavy atom. The van der Waals surface area contributed by atoms with Gasteiger partial charge < -0.3 is 71.0 Å². The number of Topliss-reactive ketones (excluding diaryl/α,β-unsaturated/α-hetero) is 1. The van der Waals surface area contributed by atoms with Crippen LogP contribution in [0, 0.1) is 17.8 Å². The molecule has 0 bridgehead atoms. The molecule has 357 valence electrons. The summed E-state index contributed by atoms with van der Waals surface area (Å²) in [6.45, 7) is 2.35.